The Balaban J connectivity index is 2.14. The minimum absolute atomic E-state index is 0.261. The molecular weight excluding hydrogens is 348 g/mol. The number of alkyl halides is 3. The molecule has 1 aliphatic carbocycles. The lowest BCUT2D eigenvalue weighted by atomic mass is 10.1. The van der Waals surface area contributed by atoms with E-state index in [0.29, 0.717) is 16.8 Å². The first-order chi connectivity index (χ1) is 9.61. The molecule has 0 bridgehead atoms. The van der Waals surface area contributed by atoms with Crippen LogP contribution in [0.4, 0.5) is 8.78 Å². The first kappa shape index (κ1) is 15.9. The Morgan fingerprint density at radius 1 is 1.35 bits per heavy atom. The summed E-state index contributed by atoms with van der Waals surface area (Å²) in [5.74, 6) is -0.261. The van der Waals surface area contributed by atoms with Gasteiger partial charge >= 0.3 is 0 Å². The van der Waals surface area contributed by atoms with Crippen molar-refractivity contribution in [2.24, 2.45) is 0 Å². The molecule has 1 aromatic heterocycles. The molecule has 1 heterocycles. The van der Waals surface area contributed by atoms with E-state index in [9.17, 15) is 13.6 Å². The fourth-order valence-corrected chi connectivity index (χ4v) is 4.12. The summed E-state index contributed by atoms with van der Waals surface area (Å²) in [6.45, 7) is -0.182. The van der Waals surface area contributed by atoms with Gasteiger partial charge in [-0.15, -0.1) is 11.3 Å². The van der Waals surface area contributed by atoms with Crippen molar-refractivity contribution in [3.8, 4) is 0 Å². The van der Waals surface area contributed by atoms with Crippen LogP contribution in [0.1, 0.15) is 39.4 Å². The third-order valence-corrected chi connectivity index (χ3v) is 5.04. The summed E-state index contributed by atoms with van der Waals surface area (Å²) in [6, 6.07) is 1.92. The van der Waals surface area contributed by atoms with Crippen molar-refractivity contribution < 1.29 is 13.6 Å². The van der Waals surface area contributed by atoms with Gasteiger partial charge in [0.25, 0.3) is 12.3 Å². The number of halogens is 3. The molecule has 1 amide bonds. The number of carbonyl (C=O) groups excluding carboxylic acids is 1. The van der Waals surface area contributed by atoms with Gasteiger partial charge in [0.2, 0.25) is 0 Å². The van der Waals surface area contributed by atoms with Crippen LogP contribution in [-0.4, -0.2) is 35.7 Å². The number of aryl methyl sites for hydroxylation is 2. The number of nitrogens with zero attached hydrogens (tertiary/aromatic N) is 1. The number of hydrogen-bond acceptors (Lipinski definition) is 2. The van der Waals surface area contributed by atoms with E-state index in [-0.39, 0.29) is 5.91 Å². The predicted molar refractivity (Wildman–Crippen MR) is 81.3 cm³/mol. The summed E-state index contributed by atoms with van der Waals surface area (Å²) in [5, 5.41) is 0.510. The maximum Gasteiger partial charge on any atom is 0.264 e. The molecule has 0 atom stereocenters. The van der Waals surface area contributed by atoms with Gasteiger partial charge in [-0.25, -0.2) is 8.78 Å². The van der Waals surface area contributed by atoms with Gasteiger partial charge in [0.05, 0.1) is 11.4 Å². The number of carbonyl (C=O) groups is 1. The van der Waals surface area contributed by atoms with Crippen LogP contribution in [0, 0.1) is 0 Å². The second-order valence-electron chi connectivity index (χ2n) is 4.95. The molecule has 0 radical (unpaired) electrons. The second kappa shape index (κ2) is 7.50. The molecule has 0 fully saturated rings. The minimum Gasteiger partial charge on any atom is -0.331 e. The van der Waals surface area contributed by atoms with Crippen LogP contribution < -0.4 is 0 Å². The number of amides is 1. The predicted octanol–water partition coefficient (Wildman–Crippen LogP) is 4.12. The first-order valence-electron chi connectivity index (χ1n) is 6.86. The van der Waals surface area contributed by atoms with E-state index < -0.39 is 13.0 Å². The number of hydrogen-bond donors (Lipinski definition) is 0. The summed E-state index contributed by atoms with van der Waals surface area (Å²) in [5.41, 5.74) is 1.24. The Kier molecular flexibility index (Phi) is 5.96. The summed E-state index contributed by atoms with van der Waals surface area (Å²) in [4.78, 5) is 15.5. The van der Waals surface area contributed by atoms with E-state index in [1.165, 1.54) is 33.1 Å². The molecule has 1 aliphatic rings. The fraction of sp³-hybridized carbons (Fsp3) is 0.643. The zero-order valence-corrected chi connectivity index (χ0v) is 13.6. The van der Waals surface area contributed by atoms with Crippen LogP contribution in [0.2, 0.25) is 0 Å². The molecule has 2 nitrogen and oxygen atoms in total. The van der Waals surface area contributed by atoms with E-state index in [1.54, 1.807) is 0 Å². The zero-order valence-electron chi connectivity index (χ0n) is 11.2. The van der Waals surface area contributed by atoms with Gasteiger partial charge in [0.15, 0.2) is 0 Å². The van der Waals surface area contributed by atoms with Crippen molar-refractivity contribution in [1.82, 2.24) is 4.90 Å². The summed E-state index contributed by atoms with van der Waals surface area (Å²) in [6.07, 6.45) is 3.07. The van der Waals surface area contributed by atoms with Crippen molar-refractivity contribution in [2.45, 2.75) is 38.5 Å². The van der Waals surface area contributed by atoms with Crippen LogP contribution in [0.5, 0.6) is 0 Å². The molecule has 0 aliphatic heterocycles. The average molecular weight is 366 g/mol. The highest BCUT2D eigenvalue weighted by Gasteiger charge is 2.23. The SMILES string of the molecule is O=C(c1cc2c(s1)CCCCC2)N(CCBr)CC(F)F. The van der Waals surface area contributed by atoms with Crippen molar-refractivity contribution >= 4 is 33.2 Å². The number of rotatable bonds is 5. The summed E-state index contributed by atoms with van der Waals surface area (Å²) >= 11 is 4.70. The van der Waals surface area contributed by atoms with Crippen LogP contribution in [0.25, 0.3) is 0 Å². The average Bonchev–Trinajstić information content (AvgIpc) is 2.68. The van der Waals surface area contributed by atoms with E-state index in [1.807, 2.05) is 6.07 Å². The molecule has 112 valence electrons. The van der Waals surface area contributed by atoms with Gasteiger partial charge in [0, 0.05) is 16.8 Å². The Hall–Kier alpha value is -0.490. The monoisotopic (exact) mass is 365 g/mol. The van der Waals surface area contributed by atoms with E-state index in [4.69, 9.17) is 0 Å². The molecule has 6 heteroatoms. The largest absolute Gasteiger partial charge is 0.331 e. The van der Waals surface area contributed by atoms with Gasteiger partial charge in [-0.3, -0.25) is 4.79 Å². The maximum atomic E-state index is 12.6. The Labute approximate surface area is 130 Å². The molecule has 2 rings (SSSR count). The lowest BCUT2D eigenvalue weighted by Gasteiger charge is -2.20. The molecule has 20 heavy (non-hydrogen) atoms. The van der Waals surface area contributed by atoms with Gasteiger partial charge in [-0.1, -0.05) is 22.4 Å². The van der Waals surface area contributed by atoms with Gasteiger partial charge in [-0.05, 0) is 37.3 Å². The van der Waals surface area contributed by atoms with Crippen LogP contribution >= 0.6 is 27.3 Å². The lowest BCUT2D eigenvalue weighted by molar-refractivity contribution is 0.0576. The molecule has 0 aromatic carbocycles. The van der Waals surface area contributed by atoms with Gasteiger partial charge < -0.3 is 4.90 Å². The third-order valence-electron chi connectivity index (χ3n) is 3.46. The summed E-state index contributed by atoms with van der Waals surface area (Å²) < 4.78 is 25.1. The highest BCUT2D eigenvalue weighted by atomic mass is 79.9. The smallest absolute Gasteiger partial charge is 0.264 e. The molecule has 0 unspecified atom stereocenters. The maximum absolute atomic E-state index is 12.6. The first-order valence-corrected chi connectivity index (χ1v) is 8.80. The highest BCUT2D eigenvalue weighted by Crippen LogP contribution is 2.29. The Bertz CT molecular complexity index is 441. The molecule has 0 N–H and O–H groups in total. The van der Waals surface area contributed by atoms with Crippen molar-refractivity contribution in [1.29, 1.82) is 0 Å². The standard InChI is InChI=1S/C14H18BrF2NOS/c15-6-7-18(9-13(16)17)14(19)12-8-10-4-2-1-3-5-11(10)20-12/h8,13H,1-7,9H2. The minimum atomic E-state index is -2.49. The topological polar surface area (TPSA) is 20.3 Å². The van der Waals surface area contributed by atoms with Crippen LogP contribution in [0.3, 0.4) is 0 Å². The number of fused-ring (bicyclic) bond motifs is 1. The van der Waals surface area contributed by atoms with Crippen molar-refractivity contribution in [3.63, 3.8) is 0 Å². The van der Waals surface area contributed by atoms with Gasteiger partial charge in [0.1, 0.15) is 0 Å². The number of thiophene rings is 1. The second-order valence-corrected chi connectivity index (χ2v) is 6.88. The lowest BCUT2D eigenvalue weighted by Crippen LogP contribution is -2.36. The van der Waals surface area contributed by atoms with Crippen LogP contribution in [-0.2, 0) is 12.8 Å². The van der Waals surface area contributed by atoms with Crippen LogP contribution in [0.15, 0.2) is 6.07 Å². The van der Waals surface area contributed by atoms with Gasteiger partial charge in [-0.2, -0.15) is 0 Å². The van der Waals surface area contributed by atoms with E-state index >= 15 is 0 Å². The molecular formula is C14H18BrF2NOS. The molecule has 0 saturated carbocycles. The quantitative estimate of drug-likeness (QED) is 0.567. The van der Waals surface area contributed by atoms with Crippen molar-refractivity contribution in [3.05, 3.63) is 21.4 Å². The highest BCUT2D eigenvalue weighted by molar-refractivity contribution is 9.09. The Morgan fingerprint density at radius 3 is 2.80 bits per heavy atom. The van der Waals surface area contributed by atoms with E-state index in [2.05, 4.69) is 15.9 Å². The Morgan fingerprint density at radius 2 is 2.10 bits per heavy atom. The fourth-order valence-electron chi connectivity index (χ4n) is 2.47. The normalized spacial score (nSPS) is 15.0. The van der Waals surface area contributed by atoms with Crippen molar-refractivity contribution in [2.75, 3.05) is 18.4 Å². The molecule has 0 spiro atoms. The summed E-state index contributed by atoms with van der Waals surface area (Å²) in [7, 11) is 0. The molecule has 0 saturated heterocycles. The van der Waals surface area contributed by atoms with E-state index in [0.717, 1.165) is 25.7 Å². The molecule has 1 aromatic rings. The third kappa shape index (κ3) is 4.01. The zero-order chi connectivity index (χ0) is 14.5.